The number of carbonyl (C=O) groups is 2. The molecule has 122 valence electrons. The molecule has 0 aromatic carbocycles. The van der Waals surface area contributed by atoms with Crippen LogP contribution >= 0.6 is 0 Å². The third-order valence-electron chi connectivity index (χ3n) is 3.02. The summed E-state index contributed by atoms with van der Waals surface area (Å²) in [7, 11) is 1.26. The van der Waals surface area contributed by atoms with Crippen molar-refractivity contribution in [3.05, 3.63) is 0 Å². The van der Waals surface area contributed by atoms with Gasteiger partial charge in [-0.1, -0.05) is 0 Å². The Labute approximate surface area is 125 Å². The molecule has 7 heteroatoms. The van der Waals surface area contributed by atoms with Gasteiger partial charge in [0.1, 0.15) is 11.6 Å². The van der Waals surface area contributed by atoms with Crippen LogP contribution < -0.4 is 5.73 Å². The minimum atomic E-state index is -0.899. The van der Waals surface area contributed by atoms with Crippen LogP contribution in [0.5, 0.6) is 0 Å². The van der Waals surface area contributed by atoms with Crippen molar-refractivity contribution in [2.24, 2.45) is 5.73 Å². The topological polar surface area (TPSA) is 91.1 Å². The average molecular weight is 302 g/mol. The summed E-state index contributed by atoms with van der Waals surface area (Å²) in [6, 6.07) is -0.899. The van der Waals surface area contributed by atoms with E-state index in [0.29, 0.717) is 13.2 Å². The number of hydrogen-bond donors (Lipinski definition) is 1. The Morgan fingerprint density at radius 3 is 2.57 bits per heavy atom. The first-order valence-corrected chi connectivity index (χ1v) is 7.16. The van der Waals surface area contributed by atoms with Gasteiger partial charge < -0.3 is 24.8 Å². The van der Waals surface area contributed by atoms with Gasteiger partial charge in [-0.05, 0) is 33.6 Å². The second-order valence-electron chi connectivity index (χ2n) is 6.15. The lowest BCUT2D eigenvalue weighted by atomic mass is 10.2. The molecule has 0 aromatic heterocycles. The second-order valence-corrected chi connectivity index (χ2v) is 6.15. The first kappa shape index (κ1) is 17.7. The molecule has 2 atom stereocenters. The minimum absolute atomic E-state index is 0.0395. The van der Waals surface area contributed by atoms with E-state index in [0.717, 1.165) is 12.8 Å². The molecular weight excluding hydrogens is 276 g/mol. The summed E-state index contributed by atoms with van der Waals surface area (Å²) < 4.78 is 15.5. The van der Waals surface area contributed by atoms with Crippen LogP contribution in [0.1, 0.15) is 33.6 Å². The molecule has 0 radical (unpaired) electrons. The quantitative estimate of drug-likeness (QED) is 0.759. The predicted octanol–water partition coefficient (Wildman–Crippen LogP) is 0.903. The Kier molecular flexibility index (Phi) is 6.42. The molecule has 1 heterocycles. The molecule has 1 aliphatic heterocycles. The maximum atomic E-state index is 12.2. The van der Waals surface area contributed by atoms with Crippen molar-refractivity contribution >= 4 is 12.1 Å². The van der Waals surface area contributed by atoms with E-state index < -0.39 is 23.7 Å². The number of methoxy groups -OCH3 is 1. The molecule has 0 bridgehead atoms. The number of esters is 1. The Bertz CT molecular complexity index is 361. The van der Waals surface area contributed by atoms with Crippen LogP contribution in [-0.4, -0.2) is 61.5 Å². The number of rotatable bonds is 5. The zero-order valence-electron chi connectivity index (χ0n) is 13.3. The largest absolute Gasteiger partial charge is 0.468 e. The first-order chi connectivity index (χ1) is 9.73. The highest BCUT2D eigenvalue weighted by Gasteiger charge is 2.29. The van der Waals surface area contributed by atoms with Gasteiger partial charge in [0, 0.05) is 13.2 Å². The SMILES string of the molecule is COC(=O)[C@@H](N)CN(C[C@H]1CCCO1)C(=O)OC(C)(C)C. The lowest BCUT2D eigenvalue weighted by Gasteiger charge is -2.30. The van der Waals surface area contributed by atoms with Crippen molar-refractivity contribution in [3.8, 4) is 0 Å². The molecule has 21 heavy (non-hydrogen) atoms. The fraction of sp³-hybridized carbons (Fsp3) is 0.857. The molecule has 0 saturated carbocycles. The Morgan fingerprint density at radius 2 is 2.10 bits per heavy atom. The molecule has 0 spiro atoms. The lowest BCUT2D eigenvalue weighted by molar-refractivity contribution is -0.142. The fourth-order valence-electron chi connectivity index (χ4n) is 2.05. The van der Waals surface area contributed by atoms with E-state index in [1.54, 1.807) is 20.8 Å². The molecule has 0 unspecified atom stereocenters. The number of nitrogens with zero attached hydrogens (tertiary/aromatic N) is 1. The third-order valence-corrected chi connectivity index (χ3v) is 3.02. The van der Waals surface area contributed by atoms with E-state index in [2.05, 4.69) is 4.74 Å². The van der Waals surface area contributed by atoms with Gasteiger partial charge in [0.05, 0.1) is 19.8 Å². The van der Waals surface area contributed by atoms with Crippen molar-refractivity contribution in [2.45, 2.75) is 51.4 Å². The standard InChI is InChI=1S/C14H26N2O5/c1-14(2,3)21-13(18)16(8-10-6-5-7-20-10)9-11(15)12(17)19-4/h10-11H,5-9,15H2,1-4H3/t10-,11+/m1/s1. The van der Waals surface area contributed by atoms with Crippen LogP contribution in [0.4, 0.5) is 4.79 Å². The molecular formula is C14H26N2O5. The number of carbonyl (C=O) groups excluding carboxylic acids is 2. The minimum Gasteiger partial charge on any atom is -0.468 e. The Balaban J connectivity index is 2.68. The molecule has 0 aromatic rings. The molecule has 1 aliphatic rings. The summed E-state index contributed by atoms with van der Waals surface area (Å²) >= 11 is 0. The van der Waals surface area contributed by atoms with Crippen molar-refractivity contribution < 1.29 is 23.8 Å². The summed E-state index contributed by atoms with van der Waals surface area (Å²) in [5, 5.41) is 0. The van der Waals surface area contributed by atoms with Gasteiger partial charge in [-0.15, -0.1) is 0 Å². The summed E-state index contributed by atoms with van der Waals surface area (Å²) in [4.78, 5) is 25.1. The van der Waals surface area contributed by atoms with Crippen molar-refractivity contribution in [2.75, 3.05) is 26.8 Å². The third kappa shape index (κ3) is 6.31. The van der Waals surface area contributed by atoms with Gasteiger partial charge in [0.2, 0.25) is 0 Å². The number of amides is 1. The Morgan fingerprint density at radius 1 is 1.43 bits per heavy atom. The van der Waals surface area contributed by atoms with Crippen molar-refractivity contribution in [1.82, 2.24) is 4.90 Å². The van der Waals surface area contributed by atoms with Gasteiger partial charge in [0.15, 0.2) is 0 Å². The Hall–Kier alpha value is -1.34. The van der Waals surface area contributed by atoms with E-state index in [-0.39, 0.29) is 12.6 Å². The number of hydrogen-bond acceptors (Lipinski definition) is 6. The van der Waals surface area contributed by atoms with Gasteiger partial charge >= 0.3 is 12.1 Å². The van der Waals surface area contributed by atoms with Crippen molar-refractivity contribution in [1.29, 1.82) is 0 Å². The van der Waals surface area contributed by atoms with Gasteiger partial charge in [-0.25, -0.2) is 4.79 Å². The fourth-order valence-corrected chi connectivity index (χ4v) is 2.05. The average Bonchev–Trinajstić information content (AvgIpc) is 2.87. The maximum Gasteiger partial charge on any atom is 0.410 e. The van der Waals surface area contributed by atoms with Gasteiger partial charge in [-0.3, -0.25) is 4.79 Å². The van der Waals surface area contributed by atoms with Crippen LogP contribution in [0.15, 0.2) is 0 Å². The van der Waals surface area contributed by atoms with Gasteiger partial charge in [-0.2, -0.15) is 0 Å². The van der Waals surface area contributed by atoms with E-state index in [9.17, 15) is 9.59 Å². The summed E-state index contributed by atoms with van der Waals surface area (Å²) in [6.07, 6.45) is 1.31. The highest BCUT2D eigenvalue weighted by molar-refractivity contribution is 5.77. The molecule has 1 rings (SSSR count). The van der Waals surface area contributed by atoms with Crippen LogP contribution in [0.3, 0.4) is 0 Å². The maximum absolute atomic E-state index is 12.2. The lowest BCUT2D eigenvalue weighted by Crippen LogP contribution is -2.49. The summed E-state index contributed by atoms with van der Waals surface area (Å²) in [6.45, 7) is 6.46. The molecule has 7 nitrogen and oxygen atoms in total. The molecule has 2 N–H and O–H groups in total. The smallest absolute Gasteiger partial charge is 0.410 e. The predicted molar refractivity (Wildman–Crippen MR) is 76.8 cm³/mol. The second kappa shape index (κ2) is 7.61. The highest BCUT2D eigenvalue weighted by Crippen LogP contribution is 2.16. The van der Waals surface area contributed by atoms with Crippen LogP contribution in [-0.2, 0) is 19.0 Å². The molecule has 1 fully saturated rings. The first-order valence-electron chi connectivity index (χ1n) is 7.16. The van der Waals surface area contributed by atoms with E-state index in [1.807, 2.05) is 0 Å². The zero-order valence-corrected chi connectivity index (χ0v) is 13.3. The van der Waals surface area contributed by atoms with E-state index in [1.165, 1.54) is 12.0 Å². The molecule has 1 amide bonds. The summed E-state index contributed by atoms with van der Waals surface area (Å²) in [5.41, 5.74) is 5.13. The van der Waals surface area contributed by atoms with Crippen molar-refractivity contribution in [3.63, 3.8) is 0 Å². The molecule has 0 aliphatic carbocycles. The highest BCUT2D eigenvalue weighted by atomic mass is 16.6. The van der Waals surface area contributed by atoms with E-state index in [4.69, 9.17) is 15.2 Å². The number of ether oxygens (including phenoxy) is 3. The molecule has 1 saturated heterocycles. The van der Waals surface area contributed by atoms with Gasteiger partial charge in [0.25, 0.3) is 0 Å². The van der Waals surface area contributed by atoms with Crippen LogP contribution in [0.25, 0.3) is 0 Å². The van der Waals surface area contributed by atoms with E-state index >= 15 is 0 Å². The monoisotopic (exact) mass is 302 g/mol. The van der Waals surface area contributed by atoms with Crippen LogP contribution in [0.2, 0.25) is 0 Å². The zero-order chi connectivity index (χ0) is 16.0. The summed E-state index contributed by atoms with van der Waals surface area (Å²) in [5.74, 6) is -0.559. The van der Waals surface area contributed by atoms with Crippen LogP contribution in [0, 0.1) is 0 Å². The normalized spacial score (nSPS) is 20.0. The number of nitrogens with two attached hydrogens (primary N) is 1.